The van der Waals surface area contributed by atoms with Crippen LogP contribution >= 0.6 is 39.0 Å². The lowest BCUT2D eigenvalue weighted by molar-refractivity contribution is -0.106. The van der Waals surface area contributed by atoms with E-state index in [0.29, 0.717) is 0 Å². The highest BCUT2D eigenvalue weighted by molar-refractivity contribution is 9.10. The van der Waals surface area contributed by atoms with E-state index in [-0.39, 0.29) is 6.29 Å². The summed E-state index contributed by atoms with van der Waals surface area (Å²) in [6.07, 6.45) is -0.287. The van der Waals surface area contributed by atoms with Crippen LogP contribution in [0.4, 0.5) is 0 Å². The van der Waals surface area contributed by atoms with Crippen LogP contribution < -0.4 is 0 Å². The molecule has 0 amide bonds. The molecule has 1 heterocycles. The molecule has 0 aliphatic rings. The molecule has 2 nitrogen and oxygen atoms in total. The molecule has 0 atom stereocenters. The van der Waals surface area contributed by atoms with Gasteiger partial charge in [-0.1, -0.05) is 12.1 Å². The fraction of sp³-hybridized carbons (Fsp3) is 0.286. The van der Waals surface area contributed by atoms with Crippen LogP contribution in [0.5, 0.6) is 0 Å². The van der Waals surface area contributed by atoms with Gasteiger partial charge < -0.3 is 9.47 Å². The molecule has 0 radical (unpaired) electrons. The van der Waals surface area contributed by atoms with E-state index in [4.69, 9.17) is 9.47 Å². The number of rotatable bonds is 6. The second-order valence-corrected chi connectivity index (χ2v) is 6.76. The van der Waals surface area contributed by atoms with Crippen LogP contribution in [0.2, 0.25) is 0 Å². The Balaban J connectivity index is 1.97. The van der Waals surface area contributed by atoms with Crippen LogP contribution in [-0.2, 0) is 15.2 Å². The SMILES string of the molecule is COC(OC)c1ccc(SCc2sccc2Br)cc1. The standard InChI is InChI=1S/C14H15BrO2S2/c1-16-14(17-2)10-3-5-11(6-4-10)19-9-13-12(15)7-8-18-13/h3-8,14H,9H2,1-2H3. The molecule has 1 aromatic carbocycles. The van der Waals surface area contributed by atoms with Gasteiger partial charge in [-0.2, -0.15) is 0 Å². The summed E-state index contributed by atoms with van der Waals surface area (Å²) in [6, 6.07) is 10.4. The normalized spacial score (nSPS) is 11.2. The van der Waals surface area contributed by atoms with Gasteiger partial charge in [-0.25, -0.2) is 0 Å². The Hall–Kier alpha value is -0.330. The highest BCUT2D eigenvalue weighted by atomic mass is 79.9. The molecule has 0 bridgehead atoms. The van der Waals surface area contributed by atoms with Crippen molar-refractivity contribution in [3.63, 3.8) is 0 Å². The third-order valence-electron chi connectivity index (χ3n) is 2.64. The Morgan fingerprint density at radius 2 is 1.84 bits per heavy atom. The van der Waals surface area contributed by atoms with Gasteiger partial charge in [-0.3, -0.25) is 0 Å². The predicted octanol–water partition coefficient (Wildman–Crippen LogP) is 5.09. The molecule has 0 aliphatic carbocycles. The van der Waals surface area contributed by atoms with E-state index in [1.165, 1.54) is 14.2 Å². The molecule has 2 aromatic rings. The largest absolute Gasteiger partial charge is 0.352 e. The Kier molecular flexibility index (Phi) is 5.91. The number of halogens is 1. The molecule has 19 heavy (non-hydrogen) atoms. The third kappa shape index (κ3) is 4.07. The molecule has 2 rings (SSSR count). The lowest BCUT2D eigenvalue weighted by Gasteiger charge is -2.13. The lowest BCUT2D eigenvalue weighted by atomic mass is 10.2. The summed E-state index contributed by atoms with van der Waals surface area (Å²) in [5, 5.41) is 2.10. The van der Waals surface area contributed by atoms with Gasteiger partial charge >= 0.3 is 0 Å². The van der Waals surface area contributed by atoms with E-state index in [0.717, 1.165) is 11.3 Å². The number of hydrogen-bond donors (Lipinski definition) is 0. The maximum Gasteiger partial charge on any atom is 0.183 e. The summed E-state index contributed by atoms with van der Waals surface area (Å²) in [6.45, 7) is 0. The van der Waals surface area contributed by atoms with Crippen LogP contribution in [0.1, 0.15) is 16.7 Å². The predicted molar refractivity (Wildman–Crippen MR) is 84.8 cm³/mol. The number of hydrogen-bond acceptors (Lipinski definition) is 4. The van der Waals surface area contributed by atoms with Crippen molar-refractivity contribution < 1.29 is 9.47 Å². The van der Waals surface area contributed by atoms with Crippen LogP contribution in [0, 0.1) is 0 Å². The van der Waals surface area contributed by atoms with E-state index in [2.05, 4.69) is 39.5 Å². The molecular weight excluding hydrogens is 344 g/mol. The third-order valence-corrected chi connectivity index (χ3v) is 5.79. The first-order chi connectivity index (χ1) is 9.24. The zero-order chi connectivity index (χ0) is 13.7. The summed E-state index contributed by atoms with van der Waals surface area (Å²) in [5.74, 6) is 0.982. The summed E-state index contributed by atoms with van der Waals surface area (Å²) >= 11 is 7.16. The quantitative estimate of drug-likeness (QED) is 0.528. The van der Waals surface area contributed by atoms with Crippen molar-refractivity contribution in [2.45, 2.75) is 16.9 Å². The monoisotopic (exact) mass is 358 g/mol. The Bertz CT molecular complexity index is 506. The van der Waals surface area contributed by atoms with Gasteiger partial charge in [0.15, 0.2) is 6.29 Å². The average molecular weight is 359 g/mol. The van der Waals surface area contributed by atoms with Crippen molar-refractivity contribution in [1.29, 1.82) is 0 Å². The molecule has 0 spiro atoms. The Morgan fingerprint density at radius 1 is 1.16 bits per heavy atom. The van der Waals surface area contributed by atoms with Crippen molar-refractivity contribution in [3.05, 3.63) is 50.6 Å². The van der Waals surface area contributed by atoms with E-state index >= 15 is 0 Å². The van der Waals surface area contributed by atoms with Crippen molar-refractivity contribution in [2.75, 3.05) is 14.2 Å². The summed E-state index contributed by atoms with van der Waals surface area (Å²) < 4.78 is 11.6. The molecule has 1 aromatic heterocycles. The first-order valence-corrected chi connectivity index (χ1v) is 8.40. The Labute approximate surface area is 130 Å². The molecule has 0 saturated heterocycles. The topological polar surface area (TPSA) is 18.5 Å². The van der Waals surface area contributed by atoms with Gasteiger partial charge in [0.25, 0.3) is 0 Å². The molecule has 102 valence electrons. The fourth-order valence-corrected chi connectivity index (χ4v) is 4.36. The number of thiophene rings is 1. The van der Waals surface area contributed by atoms with Crippen LogP contribution in [0.3, 0.4) is 0 Å². The maximum atomic E-state index is 5.23. The van der Waals surface area contributed by atoms with Crippen molar-refractivity contribution in [3.8, 4) is 0 Å². The van der Waals surface area contributed by atoms with Gasteiger partial charge in [0, 0.05) is 39.8 Å². The van der Waals surface area contributed by atoms with Gasteiger partial charge in [0.05, 0.1) is 0 Å². The summed E-state index contributed by atoms with van der Waals surface area (Å²) in [4.78, 5) is 2.61. The minimum absolute atomic E-state index is 0.287. The molecule has 5 heteroatoms. The van der Waals surface area contributed by atoms with Gasteiger partial charge in [-0.15, -0.1) is 23.1 Å². The van der Waals surface area contributed by atoms with Crippen molar-refractivity contribution in [1.82, 2.24) is 0 Å². The molecule has 0 saturated carbocycles. The van der Waals surface area contributed by atoms with E-state index in [9.17, 15) is 0 Å². The second-order valence-electron chi connectivity index (χ2n) is 3.85. The number of methoxy groups -OCH3 is 2. The molecule has 0 aliphatic heterocycles. The van der Waals surface area contributed by atoms with Gasteiger partial charge in [0.2, 0.25) is 0 Å². The number of benzene rings is 1. The van der Waals surface area contributed by atoms with E-state index in [1.807, 2.05) is 23.9 Å². The van der Waals surface area contributed by atoms with Gasteiger partial charge in [-0.05, 0) is 39.5 Å². The highest BCUT2D eigenvalue weighted by Crippen LogP contribution is 2.31. The maximum absolute atomic E-state index is 5.23. The highest BCUT2D eigenvalue weighted by Gasteiger charge is 2.08. The minimum atomic E-state index is -0.287. The minimum Gasteiger partial charge on any atom is -0.352 e. The average Bonchev–Trinajstić information content (AvgIpc) is 2.85. The van der Waals surface area contributed by atoms with Crippen LogP contribution in [0.25, 0.3) is 0 Å². The smallest absolute Gasteiger partial charge is 0.183 e. The van der Waals surface area contributed by atoms with Crippen LogP contribution in [0.15, 0.2) is 45.1 Å². The van der Waals surface area contributed by atoms with E-state index in [1.54, 1.807) is 25.6 Å². The molecule has 0 unspecified atom stereocenters. The number of thioether (sulfide) groups is 1. The Morgan fingerprint density at radius 3 is 2.37 bits per heavy atom. The zero-order valence-corrected chi connectivity index (χ0v) is 14.0. The summed E-state index contributed by atoms with van der Waals surface area (Å²) in [5.41, 5.74) is 1.03. The molecule has 0 N–H and O–H groups in total. The number of ether oxygens (including phenoxy) is 2. The summed E-state index contributed by atoms with van der Waals surface area (Å²) in [7, 11) is 3.29. The first kappa shape index (κ1) is 15.1. The second kappa shape index (κ2) is 7.45. The van der Waals surface area contributed by atoms with Crippen molar-refractivity contribution >= 4 is 39.0 Å². The fourth-order valence-electron chi connectivity index (χ4n) is 1.67. The van der Waals surface area contributed by atoms with Crippen LogP contribution in [-0.4, -0.2) is 14.2 Å². The van der Waals surface area contributed by atoms with Gasteiger partial charge in [0.1, 0.15) is 0 Å². The molecule has 0 fully saturated rings. The first-order valence-electron chi connectivity index (χ1n) is 5.75. The lowest BCUT2D eigenvalue weighted by Crippen LogP contribution is -2.02. The zero-order valence-electron chi connectivity index (χ0n) is 10.8. The van der Waals surface area contributed by atoms with E-state index < -0.39 is 0 Å². The molecular formula is C14H15BrO2S2. The van der Waals surface area contributed by atoms with Crippen molar-refractivity contribution in [2.24, 2.45) is 0 Å².